The van der Waals surface area contributed by atoms with E-state index in [1.165, 1.54) is 4.90 Å². The van der Waals surface area contributed by atoms with Crippen molar-refractivity contribution in [3.8, 4) is 6.07 Å². The molecule has 2 N–H and O–H groups in total. The second kappa shape index (κ2) is 9.28. The molecule has 0 spiro atoms. The Hall–Kier alpha value is -1.77. The largest absolute Gasteiger partial charge is 0.481 e. The Kier molecular flexibility index (Phi) is 8.37. The predicted molar refractivity (Wildman–Crippen MR) is 66.9 cm³/mol. The first-order valence-corrected chi connectivity index (χ1v) is 6.05. The van der Waals surface area contributed by atoms with Gasteiger partial charge in [0.25, 0.3) is 0 Å². The van der Waals surface area contributed by atoms with Gasteiger partial charge in [0.1, 0.15) is 0 Å². The van der Waals surface area contributed by atoms with E-state index in [1.54, 1.807) is 7.05 Å². The van der Waals surface area contributed by atoms with E-state index >= 15 is 0 Å². The van der Waals surface area contributed by atoms with Crippen LogP contribution in [-0.4, -0.2) is 42.1 Å². The minimum Gasteiger partial charge on any atom is -0.481 e. The van der Waals surface area contributed by atoms with Gasteiger partial charge in [-0.05, 0) is 18.8 Å². The van der Waals surface area contributed by atoms with Gasteiger partial charge in [0.05, 0.1) is 12.5 Å². The van der Waals surface area contributed by atoms with E-state index in [0.717, 1.165) is 6.42 Å². The number of urea groups is 1. The van der Waals surface area contributed by atoms with Crippen molar-refractivity contribution < 1.29 is 14.7 Å². The molecule has 0 bridgehead atoms. The summed E-state index contributed by atoms with van der Waals surface area (Å²) in [6.45, 7) is 2.90. The summed E-state index contributed by atoms with van der Waals surface area (Å²) in [5, 5.41) is 19.7. The van der Waals surface area contributed by atoms with E-state index in [-0.39, 0.29) is 18.4 Å². The molecule has 0 aromatic heterocycles. The Morgan fingerprint density at radius 3 is 2.67 bits per heavy atom. The van der Waals surface area contributed by atoms with Gasteiger partial charge in [-0.1, -0.05) is 6.92 Å². The first kappa shape index (κ1) is 16.2. The van der Waals surface area contributed by atoms with Gasteiger partial charge in [-0.25, -0.2) is 4.79 Å². The molecule has 0 aromatic carbocycles. The van der Waals surface area contributed by atoms with Gasteiger partial charge in [-0.15, -0.1) is 0 Å². The van der Waals surface area contributed by atoms with Crippen molar-refractivity contribution in [1.82, 2.24) is 10.2 Å². The van der Waals surface area contributed by atoms with Crippen molar-refractivity contribution in [3.63, 3.8) is 0 Å². The second-order valence-electron chi connectivity index (χ2n) is 4.39. The van der Waals surface area contributed by atoms with Crippen LogP contribution in [0.5, 0.6) is 0 Å². The highest BCUT2D eigenvalue weighted by Gasteiger charge is 2.09. The first-order chi connectivity index (χ1) is 8.47. The molecule has 0 aliphatic carbocycles. The molecule has 18 heavy (non-hydrogen) atoms. The molecule has 2 amide bonds. The van der Waals surface area contributed by atoms with Crippen molar-refractivity contribution in [2.24, 2.45) is 5.92 Å². The highest BCUT2D eigenvalue weighted by atomic mass is 16.4. The average Bonchev–Trinajstić information content (AvgIpc) is 2.33. The lowest BCUT2D eigenvalue weighted by Gasteiger charge is -2.17. The van der Waals surface area contributed by atoms with E-state index in [2.05, 4.69) is 5.32 Å². The van der Waals surface area contributed by atoms with Crippen LogP contribution in [0.4, 0.5) is 4.79 Å². The van der Waals surface area contributed by atoms with Crippen molar-refractivity contribution >= 4 is 12.0 Å². The van der Waals surface area contributed by atoms with Crippen LogP contribution >= 0.6 is 0 Å². The smallest absolute Gasteiger partial charge is 0.317 e. The summed E-state index contributed by atoms with van der Waals surface area (Å²) in [6.07, 6.45) is 1.86. The normalized spacial score (nSPS) is 11.4. The minimum absolute atomic E-state index is 0.164. The van der Waals surface area contributed by atoms with Gasteiger partial charge in [-0.3, -0.25) is 4.79 Å². The SMILES string of the molecule is CC(CCNC(=O)N(C)CCC#N)CCC(=O)O. The van der Waals surface area contributed by atoms with Crippen molar-refractivity contribution in [1.29, 1.82) is 5.26 Å². The molecule has 0 aliphatic rings. The van der Waals surface area contributed by atoms with Gasteiger partial charge in [0, 0.05) is 26.6 Å². The summed E-state index contributed by atoms with van der Waals surface area (Å²) < 4.78 is 0. The lowest BCUT2D eigenvalue weighted by Crippen LogP contribution is -2.38. The molecule has 0 aromatic rings. The molecular formula is C12H21N3O3. The number of rotatable bonds is 8. The Morgan fingerprint density at radius 1 is 1.44 bits per heavy atom. The number of carbonyl (C=O) groups excluding carboxylic acids is 1. The van der Waals surface area contributed by atoms with Gasteiger partial charge >= 0.3 is 12.0 Å². The zero-order valence-electron chi connectivity index (χ0n) is 11.0. The number of hydrogen-bond acceptors (Lipinski definition) is 3. The van der Waals surface area contributed by atoms with Crippen LogP contribution < -0.4 is 5.32 Å². The predicted octanol–water partition coefficient (Wildman–Crippen LogP) is 1.43. The van der Waals surface area contributed by atoms with Gasteiger partial charge in [-0.2, -0.15) is 5.26 Å². The number of amides is 2. The molecule has 0 aliphatic heterocycles. The lowest BCUT2D eigenvalue weighted by molar-refractivity contribution is -0.137. The third kappa shape index (κ3) is 8.39. The maximum atomic E-state index is 11.5. The fourth-order valence-corrected chi connectivity index (χ4v) is 1.39. The number of hydrogen-bond donors (Lipinski definition) is 2. The highest BCUT2D eigenvalue weighted by molar-refractivity contribution is 5.73. The van der Waals surface area contributed by atoms with E-state index in [0.29, 0.717) is 25.9 Å². The number of carboxylic acids is 1. The van der Waals surface area contributed by atoms with Gasteiger partial charge < -0.3 is 15.3 Å². The summed E-state index contributed by atoms with van der Waals surface area (Å²) in [7, 11) is 1.64. The summed E-state index contributed by atoms with van der Waals surface area (Å²) >= 11 is 0. The van der Waals surface area contributed by atoms with Crippen LogP contribution in [0.1, 0.15) is 32.6 Å². The van der Waals surface area contributed by atoms with Gasteiger partial charge in [0.2, 0.25) is 0 Å². The molecule has 1 atom stereocenters. The highest BCUT2D eigenvalue weighted by Crippen LogP contribution is 2.09. The third-order valence-corrected chi connectivity index (χ3v) is 2.67. The molecule has 0 radical (unpaired) electrons. The van der Waals surface area contributed by atoms with Crippen molar-refractivity contribution in [3.05, 3.63) is 0 Å². The minimum atomic E-state index is -0.790. The van der Waals surface area contributed by atoms with E-state index in [9.17, 15) is 9.59 Å². The quantitative estimate of drug-likeness (QED) is 0.686. The maximum absolute atomic E-state index is 11.5. The van der Waals surface area contributed by atoms with E-state index in [4.69, 9.17) is 10.4 Å². The molecule has 0 rings (SSSR count). The molecule has 0 fully saturated rings. The Balaban J connectivity index is 3.67. The van der Waals surface area contributed by atoms with E-state index in [1.807, 2.05) is 13.0 Å². The van der Waals surface area contributed by atoms with Crippen LogP contribution in [-0.2, 0) is 4.79 Å². The molecule has 1 unspecified atom stereocenters. The van der Waals surface area contributed by atoms with Crippen LogP contribution in [0.25, 0.3) is 0 Å². The fourth-order valence-electron chi connectivity index (χ4n) is 1.39. The average molecular weight is 255 g/mol. The molecule has 6 heteroatoms. The summed E-state index contributed by atoms with van der Waals surface area (Å²) in [6, 6.07) is 1.78. The molecule has 0 heterocycles. The molecule has 0 saturated heterocycles. The molecule has 102 valence electrons. The fraction of sp³-hybridized carbons (Fsp3) is 0.750. The Morgan fingerprint density at radius 2 is 2.11 bits per heavy atom. The summed E-state index contributed by atoms with van der Waals surface area (Å²) in [5.41, 5.74) is 0. The molecular weight excluding hydrogens is 234 g/mol. The van der Waals surface area contributed by atoms with Crippen LogP contribution in [0.15, 0.2) is 0 Å². The van der Waals surface area contributed by atoms with E-state index < -0.39 is 5.97 Å². The number of nitrogens with one attached hydrogen (secondary N) is 1. The van der Waals surface area contributed by atoms with Crippen LogP contribution in [0.2, 0.25) is 0 Å². The van der Waals surface area contributed by atoms with Crippen molar-refractivity contribution in [2.45, 2.75) is 32.6 Å². The number of carboxylic acid groups (broad SMARTS) is 1. The van der Waals surface area contributed by atoms with Crippen LogP contribution in [0, 0.1) is 17.2 Å². The molecule has 6 nitrogen and oxygen atoms in total. The van der Waals surface area contributed by atoms with Gasteiger partial charge in [0.15, 0.2) is 0 Å². The van der Waals surface area contributed by atoms with Crippen LogP contribution in [0.3, 0.4) is 0 Å². The summed E-state index contributed by atoms with van der Waals surface area (Å²) in [5.74, 6) is -0.520. The first-order valence-electron chi connectivity index (χ1n) is 6.05. The number of aliphatic carboxylic acids is 1. The second-order valence-corrected chi connectivity index (χ2v) is 4.39. The topological polar surface area (TPSA) is 93.4 Å². The lowest BCUT2D eigenvalue weighted by atomic mass is 10.0. The zero-order chi connectivity index (χ0) is 14.0. The number of nitrogens with zero attached hydrogens (tertiary/aromatic N) is 2. The standard InChI is InChI=1S/C12H21N3O3/c1-10(4-5-11(16)17)6-8-14-12(18)15(2)9-3-7-13/h10H,3-6,8-9H2,1-2H3,(H,14,18)(H,16,17). The molecule has 0 saturated carbocycles. The number of nitriles is 1. The number of carbonyl (C=O) groups is 2. The maximum Gasteiger partial charge on any atom is 0.317 e. The third-order valence-electron chi connectivity index (χ3n) is 2.67. The summed E-state index contributed by atoms with van der Waals surface area (Å²) in [4.78, 5) is 23.3. The zero-order valence-corrected chi connectivity index (χ0v) is 11.0. The van der Waals surface area contributed by atoms with Crippen molar-refractivity contribution in [2.75, 3.05) is 20.1 Å². The monoisotopic (exact) mass is 255 g/mol. The Labute approximate surface area is 108 Å². The Bertz CT molecular complexity index is 312.